The summed E-state index contributed by atoms with van der Waals surface area (Å²) in [7, 11) is 1.52. The number of amides is 1. The lowest BCUT2D eigenvalue weighted by atomic mass is 10.1. The first-order valence-electron chi connectivity index (χ1n) is 6.87. The van der Waals surface area contributed by atoms with E-state index in [2.05, 4.69) is 15.9 Å². The molecule has 1 aliphatic rings. The first kappa shape index (κ1) is 15.8. The lowest BCUT2D eigenvalue weighted by Gasteiger charge is -2.22. The van der Waals surface area contributed by atoms with Gasteiger partial charge in [-0.1, -0.05) is 15.9 Å². The van der Waals surface area contributed by atoms with E-state index in [1.807, 2.05) is 0 Å². The van der Waals surface area contributed by atoms with Crippen LogP contribution in [0.4, 0.5) is 0 Å². The minimum absolute atomic E-state index is 0.0173. The summed E-state index contributed by atoms with van der Waals surface area (Å²) in [6.07, 6.45) is 1.84. The fourth-order valence-electron chi connectivity index (χ4n) is 2.10. The summed E-state index contributed by atoms with van der Waals surface area (Å²) in [6.45, 7) is 2.04. The van der Waals surface area contributed by atoms with Gasteiger partial charge in [-0.15, -0.1) is 0 Å². The zero-order valence-corrected chi connectivity index (χ0v) is 13.7. The van der Waals surface area contributed by atoms with E-state index in [1.165, 1.54) is 7.11 Å². The molecule has 6 heteroatoms. The Kier molecular flexibility index (Phi) is 5.22. The standard InChI is InChI=1S/C15H18BrNO4/c1-3-21-14(18)9-17(11-5-6-11)15(19)12-7-4-10(16)8-13(12)20-2/h4,7-8,11H,3,5-6,9H2,1-2H3. The van der Waals surface area contributed by atoms with E-state index in [0.29, 0.717) is 17.9 Å². The van der Waals surface area contributed by atoms with Crippen LogP contribution in [-0.4, -0.2) is 43.1 Å². The highest BCUT2D eigenvalue weighted by molar-refractivity contribution is 9.10. The topological polar surface area (TPSA) is 55.8 Å². The van der Waals surface area contributed by atoms with Crippen LogP contribution in [0.15, 0.2) is 22.7 Å². The third-order valence-corrected chi connectivity index (χ3v) is 3.74. The van der Waals surface area contributed by atoms with Crippen LogP contribution in [0.3, 0.4) is 0 Å². The summed E-state index contributed by atoms with van der Waals surface area (Å²) in [5.41, 5.74) is 0.455. The van der Waals surface area contributed by atoms with Crippen molar-refractivity contribution >= 4 is 27.8 Å². The summed E-state index contributed by atoms with van der Waals surface area (Å²) in [4.78, 5) is 25.9. The summed E-state index contributed by atoms with van der Waals surface area (Å²) >= 11 is 3.35. The van der Waals surface area contributed by atoms with Crippen molar-refractivity contribution in [2.24, 2.45) is 0 Å². The SMILES string of the molecule is CCOC(=O)CN(C(=O)c1ccc(Br)cc1OC)C1CC1. The predicted molar refractivity (Wildman–Crippen MR) is 81.4 cm³/mol. The Morgan fingerprint density at radius 1 is 1.38 bits per heavy atom. The third kappa shape index (κ3) is 3.97. The summed E-state index contributed by atoms with van der Waals surface area (Å²) in [5.74, 6) is -0.0902. The van der Waals surface area contributed by atoms with Gasteiger partial charge in [-0.2, -0.15) is 0 Å². The molecule has 1 aromatic rings. The van der Waals surface area contributed by atoms with Crippen molar-refractivity contribution in [3.05, 3.63) is 28.2 Å². The van der Waals surface area contributed by atoms with E-state index >= 15 is 0 Å². The minimum atomic E-state index is -0.381. The average molecular weight is 356 g/mol. The smallest absolute Gasteiger partial charge is 0.325 e. The van der Waals surface area contributed by atoms with Crippen LogP contribution in [0.1, 0.15) is 30.1 Å². The molecule has 0 aromatic heterocycles. The van der Waals surface area contributed by atoms with Gasteiger partial charge in [-0.05, 0) is 38.0 Å². The molecule has 0 bridgehead atoms. The van der Waals surface area contributed by atoms with Crippen LogP contribution in [0.2, 0.25) is 0 Å². The van der Waals surface area contributed by atoms with Crippen molar-refractivity contribution in [2.45, 2.75) is 25.8 Å². The molecule has 114 valence electrons. The monoisotopic (exact) mass is 355 g/mol. The zero-order chi connectivity index (χ0) is 15.4. The van der Waals surface area contributed by atoms with Crippen molar-refractivity contribution in [1.29, 1.82) is 0 Å². The number of benzene rings is 1. The molecule has 1 aromatic carbocycles. The van der Waals surface area contributed by atoms with E-state index in [4.69, 9.17) is 9.47 Å². The van der Waals surface area contributed by atoms with E-state index in [9.17, 15) is 9.59 Å². The van der Waals surface area contributed by atoms with E-state index in [0.717, 1.165) is 17.3 Å². The number of carbonyl (C=O) groups is 2. The molecular formula is C15H18BrNO4. The maximum absolute atomic E-state index is 12.7. The highest BCUT2D eigenvalue weighted by atomic mass is 79.9. The number of rotatable bonds is 6. The summed E-state index contributed by atoms with van der Waals surface area (Å²) in [5, 5.41) is 0. The van der Waals surface area contributed by atoms with Gasteiger partial charge < -0.3 is 14.4 Å². The number of esters is 1. The molecule has 0 spiro atoms. The van der Waals surface area contributed by atoms with E-state index in [-0.39, 0.29) is 24.5 Å². The molecule has 1 saturated carbocycles. The van der Waals surface area contributed by atoms with Crippen molar-refractivity contribution in [2.75, 3.05) is 20.3 Å². The van der Waals surface area contributed by atoms with Gasteiger partial charge in [0, 0.05) is 10.5 Å². The lowest BCUT2D eigenvalue weighted by Crippen LogP contribution is -2.38. The first-order valence-corrected chi connectivity index (χ1v) is 7.66. The Morgan fingerprint density at radius 3 is 2.67 bits per heavy atom. The number of halogens is 1. The number of methoxy groups -OCH3 is 1. The Bertz CT molecular complexity index is 542. The van der Waals surface area contributed by atoms with Gasteiger partial charge in [0.1, 0.15) is 12.3 Å². The van der Waals surface area contributed by atoms with Gasteiger partial charge in [0.25, 0.3) is 5.91 Å². The fourth-order valence-corrected chi connectivity index (χ4v) is 2.44. The maximum atomic E-state index is 12.7. The molecule has 0 unspecified atom stereocenters. The van der Waals surface area contributed by atoms with Crippen molar-refractivity contribution in [3.63, 3.8) is 0 Å². The van der Waals surface area contributed by atoms with Crippen LogP contribution in [0.5, 0.6) is 5.75 Å². The number of hydrogen-bond donors (Lipinski definition) is 0. The Morgan fingerprint density at radius 2 is 2.10 bits per heavy atom. The van der Waals surface area contributed by atoms with E-state index in [1.54, 1.807) is 30.0 Å². The lowest BCUT2D eigenvalue weighted by molar-refractivity contribution is -0.144. The highest BCUT2D eigenvalue weighted by Crippen LogP contribution is 2.31. The van der Waals surface area contributed by atoms with Gasteiger partial charge in [0.2, 0.25) is 0 Å². The molecular weight excluding hydrogens is 338 g/mol. The quantitative estimate of drug-likeness (QED) is 0.736. The van der Waals surface area contributed by atoms with Crippen LogP contribution in [-0.2, 0) is 9.53 Å². The second-order valence-electron chi connectivity index (χ2n) is 4.81. The van der Waals surface area contributed by atoms with Crippen molar-refractivity contribution < 1.29 is 19.1 Å². The van der Waals surface area contributed by atoms with Crippen molar-refractivity contribution in [1.82, 2.24) is 4.90 Å². The molecule has 0 aliphatic heterocycles. The molecule has 0 saturated heterocycles. The molecule has 5 nitrogen and oxygen atoms in total. The van der Waals surface area contributed by atoms with Crippen LogP contribution >= 0.6 is 15.9 Å². The second-order valence-corrected chi connectivity index (χ2v) is 5.73. The van der Waals surface area contributed by atoms with Crippen molar-refractivity contribution in [3.8, 4) is 5.75 Å². The third-order valence-electron chi connectivity index (χ3n) is 3.25. The number of nitrogens with zero attached hydrogens (tertiary/aromatic N) is 1. The molecule has 1 amide bonds. The molecule has 1 fully saturated rings. The molecule has 21 heavy (non-hydrogen) atoms. The number of ether oxygens (including phenoxy) is 2. The van der Waals surface area contributed by atoms with Gasteiger partial charge in [-0.3, -0.25) is 9.59 Å². The van der Waals surface area contributed by atoms with Gasteiger partial charge >= 0.3 is 5.97 Å². The van der Waals surface area contributed by atoms with Gasteiger partial charge in [-0.25, -0.2) is 0 Å². The molecule has 1 aliphatic carbocycles. The molecule has 0 N–H and O–H groups in total. The minimum Gasteiger partial charge on any atom is -0.496 e. The Hall–Kier alpha value is -1.56. The second kappa shape index (κ2) is 6.93. The van der Waals surface area contributed by atoms with Gasteiger partial charge in [0.15, 0.2) is 0 Å². The number of hydrogen-bond acceptors (Lipinski definition) is 4. The van der Waals surface area contributed by atoms with E-state index < -0.39 is 0 Å². The van der Waals surface area contributed by atoms with Gasteiger partial charge in [0.05, 0.1) is 19.3 Å². The zero-order valence-electron chi connectivity index (χ0n) is 12.1. The fraction of sp³-hybridized carbons (Fsp3) is 0.467. The molecule has 0 atom stereocenters. The highest BCUT2D eigenvalue weighted by Gasteiger charge is 2.35. The predicted octanol–water partition coefficient (Wildman–Crippen LogP) is 2.63. The first-order chi connectivity index (χ1) is 10.1. The molecule has 2 rings (SSSR count). The van der Waals surface area contributed by atoms with Crippen LogP contribution in [0.25, 0.3) is 0 Å². The largest absolute Gasteiger partial charge is 0.496 e. The Balaban J connectivity index is 2.20. The molecule has 0 heterocycles. The average Bonchev–Trinajstić information content (AvgIpc) is 3.28. The van der Waals surface area contributed by atoms with Crippen LogP contribution in [0, 0.1) is 0 Å². The maximum Gasteiger partial charge on any atom is 0.325 e. The summed E-state index contributed by atoms with van der Waals surface area (Å²) < 4.78 is 11.0. The Labute approximate surface area is 132 Å². The van der Waals surface area contributed by atoms with Crippen LogP contribution < -0.4 is 4.74 Å². The normalized spacial score (nSPS) is 13.7. The summed E-state index contributed by atoms with van der Waals surface area (Å²) in [6, 6.07) is 5.34. The molecule has 0 radical (unpaired) electrons. The number of carbonyl (C=O) groups excluding carboxylic acids is 2.